The van der Waals surface area contributed by atoms with Gasteiger partial charge in [0.1, 0.15) is 5.75 Å². The van der Waals surface area contributed by atoms with Gasteiger partial charge >= 0.3 is 0 Å². The minimum atomic E-state index is -0.198. The molecule has 6 nitrogen and oxygen atoms in total. The number of carbonyl (C=O) groups excluding carboxylic acids is 1. The molecule has 0 aliphatic heterocycles. The van der Waals surface area contributed by atoms with E-state index in [4.69, 9.17) is 0 Å². The van der Waals surface area contributed by atoms with Gasteiger partial charge in [0.25, 0.3) is 5.91 Å². The van der Waals surface area contributed by atoms with Gasteiger partial charge in [0.2, 0.25) is 0 Å². The molecule has 0 aromatic heterocycles. The van der Waals surface area contributed by atoms with Crippen LogP contribution in [0, 0.1) is 0 Å². The number of phenolic OH excluding ortho intramolecular Hbond substituents is 1. The van der Waals surface area contributed by atoms with Gasteiger partial charge in [-0.15, -0.1) is 30.6 Å². The molecule has 1 amide bonds. The second kappa shape index (κ2) is 12.7. The molecule has 0 heterocycles. The van der Waals surface area contributed by atoms with E-state index in [9.17, 15) is 9.90 Å². The average Bonchev–Trinajstić information content (AvgIpc) is 2.52. The number of aromatic hydroxyl groups is 1. The maximum atomic E-state index is 11.8. The van der Waals surface area contributed by atoms with E-state index in [-0.39, 0.29) is 35.6 Å². The number of aliphatic imine (C=N–C) groups is 1. The zero-order valence-electron chi connectivity index (χ0n) is 13.3. The molecule has 0 unspecified atom stereocenters. The van der Waals surface area contributed by atoms with E-state index in [1.54, 1.807) is 18.2 Å². The van der Waals surface area contributed by atoms with Gasteiger partial charge in [-0.1, -0.05) is 12.1 Å². The summed E-state index contributed by atoms with van der Waals surface area (Å²) in [6.07, 6.45) is 2.50. The summed E-state index contributed by atoms with van der Waals surface area (Å²) in [5, 5.41) is 18.4. The van der Waals surface area contributed by atoms with Crippen LogP contribution in [-0.2, 0) is 0 Å². The highest BCUT2D eigenvalue weighted by Crippen LogP contribution is 2.10. The topological polar surface area (TPSA) is 85.8 Å². The van der Waals surface area contributed by atoms with Crippen LogP contribution in [0.15, 0.2) is 41.9 Å². The average molecular weight is 432 g/mol. The van der Waals surface area contributed by atoms with Gasteiger partial charge in [-0.05, 0) is 31.5 Å². The normalized spacial score (nSPS) is 10.4. The molecule has 0 fully saturated rings. The number of phenols is 1. The van der Waals surface area contributed by atoms with Crippen molar-refractivity contribution in [1.29, 1.82) is 0 Å². The Labute approximate surface area is 154 Å². The van der Waals surface area contributed by atoms with Crippen LogP contribution in [0.4, 0.5) is 0 Å². The van der Waals surface area contributed by atoms with Crippen LogP contribution in [0.25, 0.3) is 0 Å². The molecule has 1 rings (SSSR count). The summed E-state index contributed by atoms with van der Waals surface area (Å²) >= 11 is 0. The lowest BCUT2D eigenvalue weighted by molar-refractivity contribution is 0.0953. The maximum Gasteiger partial charge on any atom is 0.251 e. The molecule has 1 aromatic carbocycles. The van der Waals surface area contributed by atoms with Crippen LogP contribution in [0.5, 0.6) is 5.75 Å². The highest BCUT2D eigenvalue weighted by molar-refractivity contribution is 14.0. The highest BCUT2D eigenvalue weighted by Gasteiger charge is 2.04. The molecule has 0 radical (unpaired) electrons. The van der Waals surface area contributed by atoms with Crippen molar-refractivity contribution in [1.82, 2.24) is 16.0 Å². The largest absolute Gasteiger partial charge is 0.508 e. The molecule has 23 heavy (non-hydrogen) atoms. The van der Waals surface area contributed by atoms with E-state index in [1.807, 2.05) is 6.92 Å². The molecular formula is C16H25IN4O2. The number of halogens is 1. The quantitative estimate of drug-likeness (QED) is 0.166. The van der Waals surface area contributed by atoms with Crippen LogP contribution >= 0.6 is 24.0 Å². The van der Waals surface area contributed by atoms with Crippen molar-refractivity contribution >= 4 is 35.8 Å². The first kappa shape index (κ1) is 21.2. The fraction of sp³-hybridized carbons (Fsp3) is 0.375. The summed E-state index contributed by atoms with van der Waals surface area (Å²) in [7, 11) is 0. The van der Waals surface area contributed by atoms with E-state index in [1.165, 1.54) is 12.1 Å². The van der Waals surface area contributed by atoms with Crippen LogP contribution in [-0.4, -0.2) is 43.2 Å². The summed E-state index contributed by atoms with van der Waals surface area (Å²) in [4.78, 5) is 16.2. The molecule has 0 aliphatic rings. The van der Waals surface area contributed by atoms with Gasteiger partial charge in [0.15, 0.2) is 5.96 Å². The number of nitrogens with one attached hydrogen (secondary N) is 3. The Hall–Kier alpha value is -1.77. The van der Waals surface area contributed by atoms with Crippen molar-refractivity contribution in [2.75, 3.05) is 26.2 Å². The molecule has 0 saturated heterocycles. The number of hydrogen-bond acceptors (Lipinski definition) is 3. The Morgan fingerprint density at radius 2 is 2.13 bits per heavy atom. The molecule has 0 saturated carbocycles. The molecule has 0 bridgehead atoms. The molecule has 7 heteroatoms. The predicted molar refractivity (Wildman–Crippen MR) is 105 cm³/mol. The molecule has 0 aliphatic carbocycles. The lowest BCUT2D eigenvalue weighted by Gasteiger charge is -2.09. The molecule has 128 valence electrons. The molecule has 1 aromatic rings. The Morgan fingerprint density at radius 1 is 1.35 bits per heavy atom. The number of guanidine groups is 1. The summed E-state index contributed by atoms with van der Waals surface area (Å²) in [5.74, 6) is 0.624. The van der Waals surface area contributed by atoms with Crippen LogP contribution in [0.3, 0.4) is 0 Å². The number of amides is 1. The van der Waals surface area contributed by atoms with Crippen molar-refractivity contribution < 1.29 is 9.90 Å². The number of carbonyl (C=O) groups is 1. The first-order chi connectivity index (χ1) is 10.7. The smallest absolute Gasteiger partial charge is 0.251 e. The summed E-state index contributed by atoms with van der Waals surface area (Å²) in [6, 6.07) is 6.28. The van der Waals surface area contributed by atoms with Crippen molar-refractivity contribution in [3.05, 3.63) is 42.5 Å². The lowest BCUT2D eigenvalue weighted by Crippen LogP contribution is -2.37. The van der Waals surface area contributed by atoms with Crippen LogP contribution in [0.1, 0.15) is 23.7 Å². The number of hydrogen-bond donors (Lipinski definition) is 4. The van der Waals surface area contributed by atoms with E-state index in [0.29, 0.717) is 25.2 Å². The summed E-state index contributed by atoms with van der Waals surface area (Å²) in [5.41, 5.74) is 0.449. The number of rotatable bonds is 8. The molecule has 0 atom stereocenters. The third-order valence-corrected chi connectivity index (χ3v) is 2.76. The van der Waals surface area contributed by atoms with Crippen molar-refractivity contribution in [2.24, 2.45) is 4.99 Å². The minimum absolute atomic E-state index is 0. The van der Waals surface area contributed by atoms with Gasteiger partial charge in [0, 0.05) is 31.7 Å². The van der Waals surface area contributed by atoms with Gasteiger partial charge in [-0.25, -0.2) is 0 Å². The van der Waals surface area contributed by atoms with E-state index in [0.717, 1.165) is 18.9 Å². The minimum Gasteiger partial charge on any atom is -0.508 e. The summed E-state index contributed by atoms with van der Waals surface area (Å²) < 4.78 is 0. The fourth-order valence-corrected chi connectivity index (χ4v) is 1.73. The lowest BCUT2D eigenvalue weighted by atomic mass is 10.2. The van der Waals surface area contributed by atoms with Crippen LogP contribution < -0.4 is 16.0 Å². The number of benzene rings is 1. The third-order valence-electron chi connectivity index (χ3n) is 2.76. The first-order valence-electron chi connectivity index (χ1n) is 7.37. The zero-order chi connectivity index (χ0) is 16.2. The Balaban J connectivity index is 0.00000484. The predicted octanol–water partition coefficient (Wildman–Crippen LogP) is 1.87. The molecule has 0 spiro atoms. The number of nitrogens with zero attached hydrogens (tertiary/aromatic N) is 1. The van der Waals surface area contributed by atoms with Gasteiger partial charge in [0.05, 0.1) is 0 Å². The monoisotopic (exact) mass is 432 g/mol. The second-order valence-electron chi connectivity index (χ2n) is 4.59. The van der Waals surface area contributed by atoms with Gasteiger partial charge < -0.3 is 21.1 Å². The molecular weight excluding hydrogens is 407 g/mol. The molecule has 4 N–H and O–H groups in total. The van der Waals surface area contributed by atoms with Crippen molar-refractivity contribution in [3.8, 4) is 5.75 Å². The standard InChI is InChI=1S/C16H24N4O2.HI/c1-3-9-19-16(17-4-2)20-11-6-10-18-15(22)13-7-5-8-14(21)12-13;/h3,5,7-8,12,21H,1,4,6,9-11H2,2H3,(H,18,22)(H2,17,19,20);1H. The maximum absolute atomic E-state index is 11.8. The first-order valence-corrected chi connectivity index (χ1v) is 7.37. The fourth-order valence-electron chi connectivity index (χ4n) is 1.73. The third kappa shape index (κ3) is 9.07. The van der Waals surface area contributed by atoms with E-state index >= 15 is 0 Å². The SMILES string of the molecule is C=CCNC(=NCCCNC(=O)c1cccc(O)c1)NCC.I. The van der Waals surface area contributed by atoms with Gasteiger partial charge in [-0.3, -0.25) is 9.79 Å². The summed E-state index contributed by atoms with van der Waals surface area (Å²) in [6.45, 7) is 8.22. The zero-order valence-corrected chi connectivity index (χ0v) is 15.7. The second-order valence-corrected chi connectivity index (χ2v) is 4.59. The van der Waals surface area contributed by atoms with E-state index < -0.39 is 0 Å². The van der Waals surface area contributed by atoms with Crippen molar-refractivity contribution in [3.63, 3.8) is 0 Å². The highest BCUT2D eigenvalue weighted by atomic mass is 127. The van der Waals surface area contributed by atoms with Gasteiger partial charge in [-0.2, -0.15) is 0 Å². The van der Waals surface area contributed by atoms with E-state index in [2.05, 4.69) is 27.5 Å². The Kier molecular flexibility index (Phi) is 11.8. The Morgan fingerprint density at radius 3 is 2.78 bits per heavy atom. The van der Waals surface area contributed by atoms with Crippen molar-refractivity contribution in [2.45, 2.75) is 13.3 Å². The Bertz CT molecular complexity index is 521. The van der Waals surface area contributed by atoms with Crippen LogP contribution in [0.2, 0.25) is 0 Å².